The Bertz CT molecular complexity index is 352. The number of hydrogen-bond acceptors (Lipinski definition) is 3. The van der Waals surface area contributed by atoms with E-state index in [9.17, 15) is 4.79 Å². The van der Waals surface area contributed by atoms with Crippen LogP contribution in [0.5, 0.6) is 0 Å². The highest BCUT2D eigenvalue weighted by Crippen LogP contribution is 2.25. The van der Waals surface area contributed by atoms with Crippen molar-refractivity contribution in [2.45, 2.75) is 39.5 Å². The Hall–Kier alpha value is -1.12. The maximum Gasteiger partial charge on any atom is 0.187 e. The lowest BCUT2D eigenvalue weighted by Gasteiger charge is -2.09. The molecule has 0 atom stereocenters. The first-order chi connectivity index (χ1) is 6.70. The Morgan fingerprint density at radius 1 is 1.36 bits per heavy atom. The molecular formula is C11H15NO2. The van der Waals surface area contributed by atoms with E-state index in [2.05, 4.69) is 5.16 Å². The van der Waals surface area contributed by atoms with Crippen LogP contribution in [-0.2, 0) is 12.8 Å². The van der Waals surface area contributed by atoms with E-state index in [0.717, 1.165) is 37.0 Å². The zero-order chi connectivity index (χ0) is 10.1. The number of carbonyl (C=O) groups is 1. The average molecular weight is 193 g/mol. The fraction of sp³-hybridized carbons (Fsp3) is 0.636. The summed E-state index contributed by atoms with van der Waals surface area (Å²) in [5.74, 6) is 1.04. The molecule has 3 heteroatoms. The topological polar surface area (TPSA) is 43.1 Å². The monoisotopic (exact) mass is 193 g/mol. The van der Waals surface area contributed by atoms with E-state index in [1.54, 1.807) is 0 Å². The lowest BCUT2D eigenvalue weighted by molar-refractivity contribution is 0.0929. The second-order valence-corrected chi connectivity index (χ2v) is 4.16. The standard InChI is InChI=1S/C11H15NO2/c1-7(2)11(13)10-8-5-3-4-6-9(8)14-12-10/h7H,3-6H2,1-2H3. The molecular weight excluding hydrogens is 178 g/mol. The molecule has 0 aliphatic heterocycles. The molecule has 2 rings (SSSR count). The van der Waals surface area contributed by atoms with E-state index < -0.39 is 0 Å². The summed E-state index contributed by atoms with van der Waals surface area (Å²) in [4.78, 5) is 11.8. The molecule has 1 aromatic rings. The zero-order valence-corrected chi connectivity index (χ0v) is 8.67. The fourth-order valence-corrected chi connectivity index (χ4v) is 1.85. The smallest absolute Gasteiger partial charge is 0.187 e. The second-order valence-electron chi connectivity index (χ2n) is 4.16. The molecule has 0 fully saturated rings. The van der Waals surface area contributed by atoms with Gasteiger partial charge in [0.05, 0.1) is 0 Å². The van der Waals surface area contributed by atoms with Crippen LogP contribution in [0.15, 0.2) is 4.52 Å². The van der Waals surface area contributed by atoms with Gasteiger partial charge in [0, 0.05) is 17.9 Å². The Balaban J connectivity index is 2.35. The van der Waals surface area contributed by atoms with Crippen LogP contribution in [0.1, 0.15) is 48.5 Å². The molecule has 0 N–H and O–H groups in total. The van der Waals surface area contributed by atoms with Gasteiger partial charge in [0.1, 0.15) is 5.76 Å². The molecule has 0 aromatic carbocycles. The number of fused-ring (bicyclic) bond motifs is 1. The van der Waals surface area contributed by atoms with E-state index in [1.165, 1.54) is 0 Å². The van der Waals surface area contributed by atoms with Crippen molar-refractivity contribution in [3.05, 3.63) is 17.0 Å². The molecule has 76 valence electrons. The van der Waals surface area contributed by atoms with Crippen LogP contribution >= 0.6 is 0 Å². The van der Waals surface area contributed by atoms with E-state index in [1.807, 2.05) is 13.8 Å². The summed E-state index contributed by atoms with van der Waals surface area (Å²) in [5, 5.41) is 3.89. The molecule has 1 aromatic heterocycles. The quantitative estimate of drug-likeness (QED) is 0.677. The van der Waals surface area contributed by atoms with Gasteiger partial charge in [0.2, 0.25) is 0 Å². The highest BCUT2D eigenvalue weighted by Gasteiger charge is 2.24. The summed E-state index contributed by atoms with van der Waals surface area (Å²) in [6, 6.07) is 0. The zero-order valence-electron chi connectivity index (χ0n) is 8.67. The first-order valence-corrected chi connectivity index (χ1v) is 5.21. The highest BCUT2D eigenvalue weighted by atomic mass is 16.5. The normalized spacial score (nSPS) is 15.6. The van der Waals surface area contributed by atoms with Crippen LogP contribution in [-0.4, -0.2) is 10.9 Å². The first kappa shape index (κ1) is 9.44. The Morgan fingerprint density at radius 3 is 2.79 bits per heavy atom. The molecule has 0 spiro atoms. The average Bonchev–Trinajstić information content (AvgIpc) is 2.60. The van der Waals surface area contributed by atoms with E-state index >= 15 is 0 Å². The van der Waals surface area contributed by atoms with Gasteiger partial charge in [-0.05, 0) is 19.3 Å². The van der Waals surface area contributed by atoms with Crippen molar-refractivity contribution in [2.75, 3.05) is 0 Å². The van der Waals surface area contributed by atoms with Crippen molar-refractivity contribution >= 4 is 5.78 Å². The molecule has 3 nitrogen and oxygen atoms in total. The predicted molar refractivity (Wildman–Crippen MR) is 52.3 cm³/mol. The minimum absolute atomic E-state index is 0.00567. The van der Waals surface area contributed by atoms with Crippen LogP contribution in [0.25, 0.3) is 0 Å². The number of carbonyl (C=O) groups excluding carboxylic acids is 1. The molecule has 0 radical (unpaired) electrons. The molecule has 0 amide bonds. The van der Waals surface area contributed by atoms with Gasteiger partial charge in [-0.15, -0.1) is 0 Å². The number of nitrogens with zero attached hydrogens (tertiary/aromatic N) is 1. The van der Waals surface area contributed by atoms with Gasteiger partial charge >= 0.3 is 0 Å². The van der Waals surface area contributed by atoms with Gasteiger partial charge in [0.25, 0.3) is 0 Å². The fourth-order valence-electron chi connectivity index (χ4n) is 1.85. The van der Waals surface area contributed by atoms with Gasteiger partial charge in [-0.2, -0.15) is 0 Å². The summed E-state index contributed by atoms with van der Waals surface area (Å²) < 4.78 is 5.19. The van der Waals surface area contributed by atoms with Crippen molar-refractivity contribution in [1.29, 1.82) is 0 Å². The lowest BCUT2D eigenvalue weighted by atomic mass is 9.93. The summed E-state index contributed by atoms with van der Waals surface area (Å²) in [5.41, 5.74) is 1.64. The van der Waals surface area contributed by atoms with E-state index in [4.69, 9.17) is 4.52 Å². The molecule has 14 heavy (non-hydrogen) atoms. The molecule has 1 aliphatic carbocycles. The Morgan fingerprint density at radius 2 is 2.07 bits per heavy atom. The van der Waals surface area contributed by atoms with Crippen molar-refractivity contribution in [2.24, 2.45) is 5.92 Å². The van der Waals surface area contributed by atoms with E-state index in [0.29, 0.717) is 5.69 Å². The summed E-state index contributed by atoms with van der Waals surface area (Å²) >= 11 is 0. The van der Waals surface area contributed by atoms with Gasteiger partial charge in [-0.3, -0.25) is 4.79 Å². The maximum absolute atomic E-state index is 11.8. The molecule has 0 saturated heterocycles. The van der Waals surface area contributed by atoms with Crippen LogP contribution in [0.2, 0.25) is 0 Å². The van der Waals surface area contributed by atoms with Crippen molar-refractivity contribution in [3.8, 4) is 0 Å². The number of aryl methyl sites for hydroxylation is 1. The van der Waals surface area contributed by atoms with E-state index in [-0.39, 0.29) is 11.7 Å². The third-order valence-corrected chi connectivity index (χ3v) is 2.71. The van der Waals surface area contributed by atoms with Crippen molar-refractivity contribution in [1.82, 2.24) is 5.16 Å². The molecule has 1 heterocycles. The number of aromatic nitrogens is 1. The number of hydrogen-bond donors (Lipinski definition) is 0. The predicted octanol–water partition coefficient (Wildman–Crippen LogP) is 2.39. The van der Waals surface area contributed by atoms with Gasteiger partial charge in [-0.25, -0.2) is 0 Å². The van der Waals surface area contributed by atoms with Crippen molar-refractivity contribution in [3.63, 3.8) is 0 Å². The van der Waals surface area contributed by atoms with Crippen LogP contribution < -0.4 is 0 Å². The summed E-state index contributed by atoms with van der Waals surface area (Å²) in [6.45, 7) is 3.79. The number of rotatable bonds is 2. The largest absolute Gasteiger partial charge is 0.360 e. The SMILES string of the molecule is CC(C)C(=O)c1noc2c1CCCC2. The summed E-state index contributed by atoms with van der Waals surface area (Å²) in [6.07, 6.45) is 4.18. The minimum Gasteiger partial charge on any atom is -0.360 e. The van der Waals surface area contributed by atoms with Crippen LogP contribution in [0.4, 0.5) is 0 Å². The third kappa shape index (κ3) is 1.47. The second kappa shape index (κ2) is 3.56. The van der Waals surface area contributed by atoms with Gasteiger partial charge in [-0.1, -0.05) is 19.0 Å². The maximum atomic E-state index is 11.8. The minimum atomic E-state index is 0.00567. The molecule has 0 unspecified atom stereocenters. The van der Waals surface area contributed by atoms with Gasteiger partial charge in [0.15, 0.2) is 11.5 Å². The van der Waals surface area contributed by atoms with Crippen molar-refractivity contribution < 1.29 is 9.32 Å². The van der Waals surface area contributed by atoms with Crippen LogP contribution in [0, 0.1) is 5.92 Å². The molecule has 0 saturated carbocycles. The highest BCUT2D eigenvalue weighted by molar-refractivity contribution is 5.97. The van der Waals surface area contributed by atoms with Crippen LogP contribution in [0.3, 0.4) is 0 Å². The third-order valence-electron chi connectivity index (χ3n) is 2.71. The Labute approximate surface area is 83.5 Å². The molecule has 1 aliphatic rings. The van der Waals surface area contributed by atoms with Gasteiger partial charge < -0.3 is 4.52 Å². The number of ketones is 1. The Kier molecular flexibility index (Phi) is 2.40. The number of Topliss-reactive ketones (excluding diaryl/α,β-unsaturated/α-hetero) is 1. The first-order valence-electron chi connectivity index (χ1n) is 5.21. The lowest BCUT2D eigenvalue weighted by Crippen LogP contribution is -2.12. The summed E-state index contributed by atoms with van der Waals surface area (Å²) in [7, 11) is 0. The molecule has 0 bridgehead atoms.